The highest BCUT2D eigenvalue weighted by Gasteiger charge is 2.34. The summed E-state index contributed by atoms with van der Waals surface area (Å²) in [7, 11) is -3.89. The molecule has 0 amide bonds. The second-order valence-electron chi connectivity index (χ2n) is 8.19. The van der Waals surface area contributed by atoms with Crippen LogP contribution >= 0.6 is 7.82 Å². The zero-order valence-electron chi connectivity index (χ0n) is 20.6. The number of phosphoric acid groups is 1. The lowest BCUT2D eigenvalue weighted by Crippen LogP contribution is -2.22. The van der Waals surface area contributed by atoms with Gasteiger partial charge in [-0.2, -0.15) is 0 Å². The van der Waals surface area contributed by atoms with Crippen LogP contribution in [-0.2, 0) is 27.7 Å². The number of hydrogen-bond acceptors (Lipinski definition) is 6. The van der Waals surface area contributed by atoms with Crippen molar-refractivity contribution < 1.29 is 27.7 Å². The van der Waals surface area contributed by atoms with E-state index < -0.39 is 20.1 Å². The van der Waals surface area contributed by atoms with Crippen LogP contribution in [0.5, 0.6) is 0 Å². The van der Waals surface area contributed by atoms with E-state index in [1.807, 2.05) is 6.92 Å². The van der Waals surface area contributed by atoms with Gasteiger partial charge < -0.3 is 4.74 Å². The van der Waals surface area contributed by atoms with E-state index in [-0.39, 0.29) is 11.8 Å². The number of rotatable bonds is 21. The van der Waals surface area contributed by atoms with Crippen molar-refractivity contribution in [1.82, 2.24) is 0 Å². The second kappa shape index (κ2) is 18.8. The lowest BCUT2D eigenvalue weighted by molar-refractivity contribution is -0.161. The highest BCUT2D eigenvalue weighted by Crippen LogP contribution is 2.52. The van der Waals surface area contributed by atoms with E-state index in [9.17, 15) is 9.36 Å². The summed E-state index contributed by atoms with van der Waals surface area (Å²) in [5.74, 6) is -0.0453. The van der Waals surface area contributed by atoms with Crippen LogP contribution in [0.15, 0.2) is 12.7 Å². The Balaban J connectivity index is 5.31. The molecule has 0 rings (SSSR count). The molecule has 0 saturated carbocycles. The molecule has 0 radical (unpaired) electrons. The van der Waals surface area contributed by atoms with Gasteiger partial charge in [0.05, 0.1) is 13.2 Å². The van der Waals surface area contributed by atoms with Gasteiger partial charge in [0.1, 0.15) is 0 Å². The van der Waals surface area contributed by atoms with Gasteiger partial charge in [0, 0.05) is 12.5 Å². The molecule has 0 N–H and O–H groups in total. The lowest BCUT2D eigenvalue weighted by Gasteiger charge is -2.26. The molecule has 0 aliphatic rings. The maximum absolute atomic E-state index is 13.6. The van der Waals surface area contributed by atoms with Crippen molar-refractivity contribution in [3.63, 3.8) is 0 Å². The summed E-state index contributed by atoms with van der Waals surface area (Å²) in [5, 5.41) is 0. The summed E-state index contributed by atoms with van der Waals surface area (Å²) in [6.45, 7) is 14.6. The smallest absolute Gasteiger partial charge is 0.432 e. The van der Waals surface area contributed by atoms with Crippen LogP contribution in [-0.4, -0.2) is 25.5 Å². The average Bonchev–Trinajstić information content (AvgIpc) is 2.77. The van der Waals surface area contributed by atoms with E-state index in [1.54, 1.807) is 0 Å². The summed E-state index contributed by atoms with van der Waals surface area (Å²) < 4.78 is 36.2. The lowest BCUT2D eigenvalue weighted by atomic mass is 10.0. The molecule has 0 aromatic heterocycles. The van der Waals surface area contributed by atoms with Crippen LogP contribution in [0, 0.1) is 11.8 Å². The van der Waals surface area contributed by atoms with Crippen LogP contribution < -0.4 is 0 Å². The molecule has 0 bridgehead atoms. The minimum absolute atomic E-state index is 0.285. The van der Waals surface area contributed by atoms with Gasteiger partial charge in [-0.05, 0) is 31.1 Å². The summed E-state index contributed by atoms with van der Waals surface area (Å²) in [6, 6.07) is 0. The first-order valence-corrected chi connectivity index (χ1v) is 13.7. The molecule has 0 aliphatic heterocycles. The highest BCUT2D eigenvalue weighted by molar-refractivity contribution is 7.48. The predicted octanol–water partition coefficient (Wildman–Crippen LogP) is 7.82. The summed E-state index contributed by atoms with van der Waals surface area (Å²) in [6.07, 6.45) is 10.4. The summed E-state index contributed by atoms with van der Waals surface area (Å²) >= 11 is 0. The van der Waals surface area contributed by atoms with E-state index in [1.165, 1.54) is 0 Å². The maximum atomic E-state index is 13.6. The first-order chi connectivity index (χ1) is 14.9. The zero-order chi connectivity index (χ0) is 23.5. The van der Waals surface area contributed by atoms with E-state index in [2.05, 4.69) is 34.3 Å². The molecule has 0 fully saturated rings. The van der Waals surface area contributed by atoms with Gasteiger partial charge in [-0.3, -0.25) is 9.05 Å². The third kappa shape index (κ3) is 14.9. The Bertz CT molecular complexity index is 486. The van der Waals surface area contributed by atoms with Crippen molar-refractivity contribution in [3.8, 4) is 0 Å². The van der Waals surface area contributed by atoms with Gasteiger partial charge in [0.2, 0.25) is 6.29 Å². The Morgan fingerprint density at radius 1 is 0.839 bits per heavy atom. The molecule has 0 saturated heterocycles. The van der Waals surface area contributed by atoms with Gasteiger partial charge in [0.25, 0.3) is 0 Å². The van der Waals surface area contributed by atoms with Crippen LogP contribution in [0.3, 0.4) is 0 Å². The molecule has 0 spiro atoms. The molecule has 31 heavy (non-hydrogen) atoms. The molecule has 0 aliphatic carbocycles. The molecule has 3 unspecified atom stereocenters. The van der Waals surface area contributed by atoms with Gasteiger partial charge in [-0.25, -0.2) is 13.9 Å². The number of phosphoric ester groups is 1. The Morgan fingerprint density at radius 2 is 1.29 bits per heavy atom. The Kier molecular flexibility index (Phi) is 18.4. The Hall–Kier alpha value is -0.680. The largest absolute Gasteiger partial charge is 0.477 e. The first-order valence-electron chi connectivity index (χ1n) is 12.3. The SMILES string of the molecule is C=CC(=O)OC(CCCC)OP(=O)(OCC(CC)CCCC)OCC(CC)CCCC. The second-order valence-corrected chi connectivity index (χ2v) is 9.81. The minimum Gasteiger partial charge on any atom is -0.432 e. The van der Waals surface area contributed by atoms with E-state index in [4.69, 9.17) is 18.3 Å². The van der Waals surface area contributed by atoms with E-state index >= 15 is 0 Å². The van der Waals surface area contributed by atoms with Crippen molar-refractivity contribution in [2.75, 3.05) is 13.2 Å². The number of carbonyl (C=O) groups excluding carboxylic acids is 1. The van der Waals surface area contributed by atoms with Gasteiger partial charge >= 0.3 is 13.8 Å². The minimum atomic E-state index is -3.89. The third-order valence-corrected chi connectivity index (χ3v) is 6.90. The number of hydrogen-bond donors (Lipinski definition) is 0. The first kappa shape index (κ1) is 30.3. The van der Waals surface area contributed by atoms with Crippen molar-refractivity contribution >= 4 is 13.8 Å². The zero-order valence-corrected chi connectivity index (χ0v) is 21.5. The van der Waals surface area contributed by atoms with Gasteiger partial charge in [0.15, 0.2) is 0 Å². The number of ether oxygens (including phenoxy) is 1. The molecule has 7 heteroatoms. The van der Waals surface area contributed by atoms with Crippen molar-refractivity contribution in [1.29, 1.82) is 0 Å². The fraction of sp³-hybridized carbons (Fsp3) is 0.875. The number of carbonyl (C=O) groups is 1. The monoisotopic (exact) mass is 462 g/mol. The predicted molar refractivity (Wildman–Crippen MR) is 127 cm³/mol. The standard InChI is InChI=1S/C24H47O6P/c1-7-13-16-21(10-4)19-27-31(26,28-20-22(11-5)17-14-8-2)30-24(18-15-9-3)29-23(25)12-6/h12,21-22,24H,6-11,13-20H2,1-5H3. The average molecular weight is 463 g/mol. The Morgan fingerprint density at radius 3 is 1.68 bits per heavy atom. The van der Waals surface area contributed by atoms with E-state index in [0.717, 1.165) is 70.3 Å². The van der Waals surface area contributed by atoms with Crippen LogP contribution in [0.1, 0.15) is 105 Å². The summed E-state index contributed by atoms with van der Waals surface area (Å²) in [4.78, 5) is 11.7. The van der Waals surface area contributed by atoms with Crippen molar-refractivity contribution in [2.45, 2.75) is 112 Å². The molecular weight excluding hydrogens is 415 g/mol. The third-order valence-electron chi connectivity index (χ3n) is 5.48. The molecule has 184 valence electrons. The van der Waals surface area contributed by atoms with Gasteiger partial charge in [-0.1, -0.05) is 86.1 Å². The molecule has 0 aromatic rings. The van der Waals surface area contributed by atoms with Crippen molar-refractivity contribution in [2.24, 2.45) is 11.8 Å². The molecule has 6 nitrogen and oxygen atoms in total. The fourth-order valence-corrected chi connectivity index (χ4v) is 4.53. The van der Waals surface area contributed by atoms with Gasteiger partial charge in [-0.15, -0.1) is 0 Å². The number of esters is 1. The topological polar surface area (TPSA) is 71.1 Å². The Labute approximate surface area is 191 Å². The quantitative estimate of drug-likeness (QED) is 0.0749. The molecule has 0 heterocycles. The molecule has 3 atom stereocenters. The van der Waals surface area contributed by atoms with Crippen molar-refractivity contribution in [3.05, 3.63) is 12.7 Å². The highest BCUT2D eigenvalue weighted by atomic mass is 31.2. The maximum Gasteiger partial charge on any atom is 0.477 e. The van der Waals surface area contributed by atoms with E-state index in [0.29, 0.717) is 19.6 Å². The number of unbranched alkanes of at least 4 members (excludes halogenated alkanes) is 3. The molecular formula is C24H47O6P. The van der Waals surface area contributed by atoms with Crippen LogP contribution in [0.25, 0.3) is 0 Å². The molecule has 0 aromatic carbocycles. The van der Waals surface area contributed by atoms with Crippen LogP contribution in [0.2, 0.25) is 0 Å². The fourth-order valence-electron chi connectivity index (χ4n) is 3.11. The van der Waals surface area contributed by atoms with Crippen LogP contribution in [0.4, 0.5) is 0 Å². The normalized spacial score (nSPS) is 16.3. The summed E-state index contributed by atoms with van der Waals surface area (Å²) in [5.41, 5.74) is 0.